The minimum atomic E-state index is 0.423. The van der Waals surface area contributed by atoms with Gasteiger partial charge in [0.1, 0.15) is 5.78 Å². The minimum Gasteiger partial charge on any atom is -0.300 e. The van der Waals surface area contributed by atoms with Crippen molar-refractivity contribution in [2.24, 2.45) is 4.99 Å². The second-order valence-electron chi connectivity index (χ2n) is 5.17. The summed E-state index contributed by atoms with van der Waals surface area (Å²) in [5, 5.41) is 0. The van der Waals surface area contributed by atoms with Crippen LogP contribution in [0.1, 0.15) is 78.1 Å². The number of unbranched alkanes of at least 4 members (excludes halogenated alkanes) is 1. The first kappa shape index (κ1) is 14.4. The first-order valence-corrected chi connectivity index (χ1v) is 7.33. The van der Waals surface area contributed by atoms with Gasteiger partial charge in [-0.2, -0.15) is 0 Å². The summed E-state index contributed by atoms with van der Waals surface area (Å²) in [5.74, 6) is 0.423. The molecule has 0 saturated heterocycles. The lowest BCUT2D eigenvalue weighted by molar-refractivity contribution is -0.119. The second kappa shape index (κ2) is 8.43. The maximum absolute atomic E-state index is 11.6. The number of rotatable bonds is 8. The molecule has 0 unspecified atom stereocenters. The highest BCUT2D eigenvalue weighted by molar-refractivity contribution is 5.89. The Morgan fingerprint density at radius 2 is 2.12 bits per heavy atom. The summed E-state index contributed by atoms with van der Waals surface area (Å²) in [6, 6.07) is 0.550. The van der Waals surface area contributed by atoms with E-state index < -0.39 is 0 Å². The fourth-order valence-electron chi connectivity index (χ4n) is 2.44. The highest BCUT2D eigenvalue weighted by Gasteiger charge is 2.14. The number of hydrogen-bond donors (Lipinski definition) is 0. The van der Waals surface area contributed by atoms with Crippen molar-refractivity contribution in [1.82, 2.24) is 0 Å². The largest absolute Gasteiger partial charge is 0.300 e. The molecule has 17 heavy (non-hydrogen) atoms. The fourth-order valence-corrected chi connectivity index (χ4v) is 2.44. The van der Waals surface area contributed by atoms with Gasteiger partial charge >= 0.3 is 0 Å². The zero-order valence-electron chi connectivity index (χ0n) is 11.5. The molecular weight excluding hydrogens is 210 g/mol. The van der Waals surface area contributed by atoms with Gasteiger partial charge in [-0.1, -0.05) is 26.7 Å². The predicted octanol–water partition coefficient (Wildman–Crippen LogP) is 4.32. The van der Waals surface area contributed by atoms with Crippen LogP contribution in [0.4, 0.5) is 0 Å². The number of ketones is 1. The maximum atomic E-state index is 11.6. The lowest BCUT2D eigenvalue weighted by atomic mass is 9.96. The zero-order valence-corrected chi connectivity index (χ0v) is 11.5. The summed E-state index contributed by atoms with van der Waals surface area (Å²) >= 11 is 0. The second-order valence-corrected chi connectivity index (χ2v) is 5.17. The molecule has 1 rings (SSSR count). The molecule has 1 aliphatic heterocycles. The summed E-state index contributed by atoms with van der Waals surface area (Å²) in [6.07, 6.45) is 10.6. The Hall–Kier alpha value is -0.660. The van der Waals surface area contributed by atoms with Crippen molar-refractivity contribution in [3.05, 3.63) is 0 Å². The van der Waals surface area contributed by atoms with Crippen LogP contribution in [0.25, 0.3) is 0 Å². The van der Waals surface area contributed by atoms with Crippen LogP contribution >= 0.6 is 0 Å². The molecule has 0 N–H and O–H groups in total. The quantitative estimate of drug-likeness (QED) is 0.618. The molecule has 0 amide bonds. The van der Waals surface area contributed by atoms with Crippen molar-refractivity contribution in [1.29, 1.82) is 0 Å². The van der Waals surface area contributed by atoms with Crippen molar-refractivity contribution < 1.29 is 4.79 Å². The molecule has 0 spiro atoms. The van der Waals surface area contributed by atoms with E-state index in [0.717, 1.165) is 38.5 Å². The highest BCUT2D eigenvalue weighted by atomic mass is 16.1. The van der Waals surface area contributed by atoms with Gasteiger partial charge in [-0.15, -0.1) is 0 Å². The van der Waals surface area contributed by atoms with Crippen LogP contribution in [0.2, 0.25) is 0 Å². The number of carbonyl (C=O) groups excluding carboxylic acids is 1. The third-order valence-corrected chi connectivity index (χ3v) is 3.49. The highest BCUT2D eigenvalue weighted by Crippen LogP contribution is 2.19. The van der Waals surface area contributed by atoms with E-state index >= 15 is 0 Å². The van der Waals surface area contributed by atoms with Gasteiger partial charge in [0.2, 0.25) is 0 Å². The van der Waals surface area contributed by atoms with Gasteiger partial charge in [0.05, 0.1) is 0 Å². The van der Waals surface area contributed by atoms with Crippen molar-refractivity contribution in [3.8, 4) is 0 Å². The molecule has 98 valence electrons. The Bertz CT molecular complexity index is 258. The van der Waals surface area contributed by atoms with E-state index in [2.05, 4.69) is 13.8 Å². The zero-order chi connectivity index (χ0) is 12.5. The standard InChI is InChI=1S/C15H27NO/c1-3-5-10-15(17)12-11-14-9-6-8-13(16-14)7-4-2/h13H,3-12H2,1-2H3/t13-/m1/s1. The summed E-state index contributed by atoms with van der Waals surface area (Å²) in [5.41, 5.74) is 1.31. The molecule has 0 aromatic carbocycles. The Morgan fingerprint density at radius 1 is 1.29 bits per heavy atom. The third-order valence-electron chi connectivity index (χ3n) is 3.49. The van der Waals surface area contributed by atoms with Crippen molar-refractivity contribution in [2.45, 2.75) is 84.1 Å². The summed E-state index contributed by atoms with van der Waals surface area (Å²) in [4.78, 5) is 16.4. The fraction of sp³-hybridized carbons (Fsp3) is 0.867. The number of carbonyl (C=O) groups is 1. The molecule has 1 heterocycles. The average molecular weight is 237 g/mol. The van der Waals surface area contributed by atoms with Gasteiger partial charge in [-0.25, -0.2) is 0 Å². The van der Waals surface area contributed by atoms with E-state index in [9.17, 15) is 4.79 Å². The van der Waals surface area contributed by atoms with E-state index in [1.165, 1.54) is 31.4 Å². The summed E-state index contributed by atoms with van der Waals surface area (Å²) in [6.45, 7) is 4.35. The molecule has 0 bridgehead atoms. The monoisotopic (exact) mass is 237 g/mol. The molecule has 0 radical (unpaired) electrons. The topological polar surface area (TPSA) is 29.4 Å². The predicted molar refractivity (Wildman–Crippen MR) is 73.7 cm³/mol. The van der Waals surface area contributed by atoms with Crippen molar-refractivity contribution in [2.75, 3.05) is 0 Å². The Balaban J connectivity index is 2.27. The number of Topliss-reactive ketones (excluding diaryl/α,β-unsaturated/α-hetero) is 1. The van der Waals surface area contributed by atoms with Crippen LogP contribution in [-0.2, 0) is 4.79 Å². The van der Waals surface area contributed by atoms with Gasteiger partial charge in [0.15, 0.2) is 0 Å². The molecule has 0 fully saturated rings. The van der Waals surface area contributed by atoms with E-state index in [0.29, 0.717) is 11.8 Å². The molecule has 2 heteroatoms. The number of aliphatic imine (C=N–C) groups is 1. The summed E-state index contributed by atoms with van der Waals surface area (Å²) in [7, 11) is 0. The van der Waals surface area contributed by atoms with E-state index in [1.807, 2.05) is 0 Å². The minimum absolute atomic E-state index is 0.423. The smallest absolute Gasteiger partial charge is 0.133 e. The van der Waals surface area contributed by atoms with Crippen molar-refractivity contribution in [3.63, 3.8) is 0 Å². The molecule has 0 aromatic rings. The van der Waals surface area contributed by atoms with Gasteiger partial charge in [-0.05, 0) is 38.5 Å². The van der Waals surface area contributed by atoms with Crippen molar-refractivity contribution >= 4 is 11.5 Å². The molecule has 2 nitrogen and oxygen atoms in total. The van der Waals surface area contributed by atoms with Crippen LogP contribution in [0.3, 0.4) is 0 Å². The van der Waals surface area contributed by atoms with E-state index in [1.54, 1.807) is 0 Å². The first-order chi connectivity index (χ1) is 8.26. The third kappa shape index (κ3) is 5.99. The summed E-state index contributed by atoms with van der Waals surface area (Å²) < 4.78 is 0. The van der Waals surface area contributed by atoms with Gasteiger partial charge in [0.25, 0.3) is 0 Å². The molecule has 0 aliphatic carbocycles. The molecule has 0 saturated carbocycles. The normalized spacial score (nSPS) is 20.1. The van der Waals surface area contributed by atoms with Crippen LogP contribution < -0.4 is 0 Å². The molecule has 1 aliphatic rings. The first-order valence-electron chi connectivity index (χ1n) is 7.33. The number of hydrogen-bond acceptors (Lipinski definition) is 2. The van der Waals surface area contributed by atoms with Gasteiger partial charge in [-0.3, -0.25) is 9.79 Å². The Kier molecular flexibility index (Phi) is 7.14. The molecular formula is C15H27NO. The van der Waals surface area contributed by atoms with Crippen LogP contribution in [-0.4, -0.2) is 17.5 Å². The van der Waals surface area contributed by atoms with Gasteiger partial charge in [0, 0.05) is 24.6 Å². The maximum Gasteiger partial charge on any atom is 0.133 e. The molecule has 1 atom stereocenters. The Labute approximate surface area is 106 Å². The van der Waals surface area contributed by atoms with Crippen LogP contribution in [0.5, 0.6) is 0 Å². The Morgan fingerprint density at radius 3 is 2.82 bits per heavy atom. The van der Waals surface area contributed by atoms with Gasteiger partial charge < -0.3 is 0 Å². The van der Waals surface area contributed by atoms with Crippen LogP contribution in [0, 0.1) is 0 Å². The molecule has 0 aromatic heterocycles. The number of nitrogens with zero attached hydrogens (tertiary/aromatic N) is 1. The average Bonchev–Trinajstić information content (AvgIpc) is 2.35. The van der Waals surface area contributed by atoms with Crippen LogP contribution in [0.15, 0.2) is 4.99 Å². The lowest BCUT2D eigenvalue weighted by Crippen LogP contribution is -2.16. The lowest BCUT2D eigenvalue weighted by Gasteiger charge is -2.19. The van der Waals surface area contributed by atoms with E-state index in [-0.39, 0.29) is 0 Å². The SMILES string of the molecule is CCCCC(=O)CCC1=N[C@H](CCC)CCC1. The van der Waals surface area contributed by atoms with E-state index in [4.69, 9.17) is 4.99 Å².